The maximum Gasteiger partial charge on any atom is 0.335 e. The van der Waals surface area contributed by atoms with E-state index in [4.69, 9.17) is 19.6 Å². The number of carbonyl (C=O) groups excluding carboxylic acids is 1. The number of carboxylic acid groups (broad SMARTS) is 1. The van der Waals surface area contributed by atoms with E-state index < -0.39 is 5.97 Å². The van der Waals surface area contributed by atoms with Gasteiger partial charge in [-0.25, -0.2) is 19.0 Å². The number of rotatable bonds is 12. The Bertz CT molecular complexity index is 1340. The van der Waals surface area contributed by atoms with Gasteiger partial charge in [0.05, 0.1) is 17.9 Å². The Morgan fingerprint density at radius 3 is 2.50 bits per heavy atom. The van der Waals surface area contributed by atoms with Crippen LogP contribution in [0.5, 0.6) is 11.6 Å². The van der Waals surface area contributed by atoms with Crippen molar-refractivity contribution in [3.05, 3.63) is 77.8 Å². The number of nitrogens with zero attached hydrogens (tertiary/aromatic N) is 4. The van der Waals surface area contributed by atoms with Crippen molar-refractivity contribution in [3.8, 4) is 11.6 Å². The van der Waals surface area contributed by atoms with Crippen LogP contribution in [-0.2, 0) is 17.7 Å². The van der Waals surface area contributed by atoms with Gasteiger partial charge in [-0.15, -0.1) is 0 Å². The van der Waals surface area contributed by atoms with Crippen molar-refractivity contribution >= 4 is 12.0 Å². The molecule has 1 aromatic heterocycles. The molecule has 10 heteroatoms. The largest absolute Gasteiger partial charge is 0.478 e. The van der Waals surface area contributed by atoms with E-state index in [1.54, 1.807) is 12.1 Å². The summed E-state index contributed by atoms with van der Waals surface area (Å²) in [6.07, 6.45) is 7.56. The molecule has 9 nitrogen and oxygen atoms in total. The normalized spacial score (nSPS) is 20.5. The first-order valence-electron chi connectivity index (χ1n) is 15.7. The lowest BCUT2D eigenvalue weighted by Crippen LogP contribution is -2.50. The molecule has 0 aliphatic carbocycles. The average molecular weight is 607 g/mol. The molecule has 3 aliphatic rings. The van der Waals surface area contributed by atoms with E-state index in [0.29, 0.717) is 50.6 Å². The Labute approximate surface area is 258 Å². The lowest BCUT2D eigenvalue weighted by molar-refractivity contribution is 0.0493. The zero-order valence-corrected chi connectivity index (χ0v) is 25.5. The number of aryl methyl sites for hydroxylation is 1. The van der Waals surface area contributed by atoms with Crippen molar-refractivity contribution in [2.24, 2.45) is 0 Å². The topological polar surface area (TPSA) is 95.4 Å². The molecule has 3 aliphatic heterocycles. The third kappa shape index (κ3) is 7.47. The molecule has 3 saturated heterocycles. The van der Waals surface area contributed by atoms with Crippen molar-refractivity contribution in [1.29, 1.82) is 0 Å². The zero-order chi connectivity index (χ0) is 31.1. The number of piperidine rings is 1. The van der Waals surface area contributed by atoms with Gasteiger partial charge in [-0.3, -0.25) is 4.90 Å². The van der Waals surface area contributed by atoms with Gasteiger partial charge in [0.2, 0.25) is 5.88 Å². The second-order valence-corrected chi connectivity index (χ2v) is 11.8. The molecule has 0 saturated carbocycles. The number of amides is 2. The van der Waals surface area contributed by atoms with E-state index in [0.717, 1.165) is 68.6 Å². The summed E-state index contributed by atoms with van der Waals surface area (Å²) in [7, 11) is 0. The molecular weight excluding hydrogens is 563 g/mol. The van der Waals surface area contributed by atoms with Gasteiger partial charge in [0.15, 0.2) is 0 Å². The van der Waals surface area contributed by atoms with Gasteiger partial charge >= 0.3 is 12.0 Å². The third-order valence-corrected chi connectivity index (χ3v) is 9.04. The van der Waals surface area contributed by atoms with Crippen LogP contribution in [0.4, 0.5) is 9.18 Å². The number of pyridine rings is 1. The molecule has 0 spiro atoms. The number of urea groups is 1. The molecule has 0 bridgehead atoms. The molecule has 5 rings (SSSR count). The first-order chi connectivity index (χ1) is 21.4. The molecule has 4 heterocycles. The Kier molecular flexibility index (Phi) is 10.7. The van der Waals surface area contributed by atoms with Crippen LogP contribution in [0.15, 0.2) is 61.0 Å². The van der Waals surface area contributed by atoms with E-state index in [9.17, 15) is 14.0 Å². The molecule has 1 unspecified atom stereocenters. The lowest BCUT2D eigenvalue weighted by Gasteiger charge is -2.39. The van der Waals surface area contributed by atoms with Crippen molar-refractivity contribution in [2.45, 2.75) is 76.5 Å². The minimum absolute atomic E-state index is 0.0568. The fourth-order valence-corrected chi connectivity index (χ4v) is 6.57. The monoisotopic (exact) mass is 606 g/mol. The molecule has 2 aromatic rings. The first-order valence-corrected chi connectivity index (χ1v) is 15.7. The Morgan fingerprint density at radius 2 is 1.84 bits per heavy atom. The van der Waals surface area contributed by atoms with Crippen LogP contribution in [0.25, 0.3) is 0 Å². The summed E-state index contributed by atoms with van der Waals surface area (Å²) in [5.41, 5.74) is 3.31. The van der Waals surface area contributed by atoms with Crippen LogP contribution in [0, 0.1) is 0 Å². The number of ether oxygens (including phenoxy) is 2. The molecule has 3 fully saturated rings. The van der Waals surface area contributed by atoms with Crippen LogP contribution in [0.3, 0.4) is 0 Å². The summed E-state index contributed by atoms with van der Waals surface area (Å²) in [5, 5.41) is 9.11. The SMILES string of the molecule is C=C(CC/C=C/F)C1CN(C2CCOCC2)C(=O)N1C1CCN(Cc2ccc(Oc3ccc(C(=O)O)cc3)nc2CC)CC1. The van der Waals surface area contributed by atoms with Gasteiger partial charge in [0, 0.05) is 63.2 Å². The van der Waals surface area contributed by atoms with Gasteiger partial charge in [-0.05, 0) is 74.8 Å². The van der Waals surface area contributed by atoms with Crippen molar-refractivity contribution < 1.29 is 28.6 Å². The number of aromatic carboxylic acids is 1. The summed E-state index contributed by atoms with van der Waals surface area (Å²) in [4.78, 5) is 36.3. The van der Waals surface area contributed by atoms with Gasteiger partial charge < -0.3 is 24.4 Å². The summed E-state index contributed by atoms with van der Waals surface area (Å²) in [5.74, 6) is 0.0294. The van der Waals surface area contributed by atoms with Crippen LogP contribution in [0.1, 0.15) is 67.1 Å². The Balaban J connectivity index is 1.21. The average Bonchev–Trinajstić information content (AvgIpc) is 3.39. The van der Waals surface area contributed by atoms with Crippen LogP contribution in [-0.4, -0.2) is 87.8 Å². The van der Waals surface area contributed by atoms with E-state index in [1.165, 1.54) is 18.2 Å². The first kappa shape index (κ1) is 31.7. The summed E-state index contributed by atoms with van der Waals surface area (Å²) in [6.45, 7) is 10.9. The number of benzene rings is 1. The van der Waals surface area contributed by atoms with Crippen LogP contribution < -0.4 is 4.74 Å². The number of hydrogen-bond acceptors (Lipinski definition) is 6. The van der Waals surface area contributed by atoms with Crippen LogP contribution >= 0.6 is 0 Å². The number of carbonyl (C=O) groups is 2. The number of halogens is 1. The fourth-order valence-electron chi connectivity index (χ4n) is 6.57. The predicted molar refractivity (Wildman–Crippen MR) is 166 cm³/mol. The Morgan fingerprint density at radius 1 is 1.11 bits per heavy atom. The standard InChI is InChI=1S/C34H43FN4O5/c1-3-30-26(9-12-32(36-30)44-29-10-7-25(8-11-29)33(40)41)22-37-18-13-28(14-19-37)39-31(24(2)6-4-5-17-35)23-38(34(39)42)27-15-20-43-21-16-27/h5,7-12,17,27-28,31H,2-4,6,13-16,18-23H2,1H3,(H,40,41)/b17-5+. The maximum absolute atomic E-state index is 13.9. The summed E-state index contributed by atoms with van der Waals surface area (Å²) in [6, 6.07) is 10.6. The molecule has 0 radical (unpaired) electrons. The number of carboxylic acids is 1. The molecule has 1 N–H and O–H groups in total. The van der Waals surface area contributed by atoms with E-state index in [2.05, 4.69) is 29.4 Å². The van der Waals surface area contributed by atoms with E-state index in [1.807, 2.05) is 11.0 Å². The highest BCUT2D eigenvalue weighted by molar-refractivity contribution is 5.87. The highest BCUT2D eigenvalue weighted by Crippen LogP contribution is 2.33. The van der Waals surface area contributed by atoms with Crippen molar-refractivity contribution in [3.63, 3.8) is 0 Å². The quantitative estimate of drug-likeness (QED) is 0.287. The summed E-state index contributed by atoms with van der Waals surface area (Å²) < 4.78 is 24.1. The number of likely N-dealkylation sites (tertiary alicyclic amines) is 1. The molecule has 44 heavy (non-hydrogen) atoms. The highest BCUT2D eigenvalue weighted by Gasteiger charge is 2.45. The Hall–Kier alpha value is -3.76. The highest BCUT2D eigenvalue weighted by atomic mass is 19.1. The van der Waals surface area contributed by atoms with Crippen LogP contribution in [0.2, 0.25) is 0 Å². The maximum atomic E-state index is 13.9. The number of hydrogen-bond donors (Lipinski definition) is 1. The van der Waals surface area contributed by atoms with Gasteiger partial charge in [0.1, 0.15) is 5.75 Å². The van der Waals surface area contributed by atoms with E-state index >= 15 is 0 Å². The third-order valence-electron chi connectivity index (χ3n) is 9.04. The van der Waals surface area contributed by atoms with Gasteiger partial charge in [0.25, 0.3) is 0 Å². The van der Waals surface area contributed by atoms with Crippen molar-refractivity contribution in [1.82, 2.24) is 19.7 Å². The molecule has 236 valence electrons. The minimum Gasteiger partial charge on any atom is -0.478 e. The summed E-state index contributed by atoms with van der Waals surface area (Å²) >= 11 is 0. The fraction of sp³-hybridized carbons (Fsp3) is 0.500. The molecule has 1 atom stereocenters. The van der Waals surface area contributed by atoms with Gasteiger partial charge in [-0.1, -0.05) is 31.2 Å². The van der Waals surface area contributed by atoms with E-state index in [-0.39, 0.29) is 29.7 Å². The van der Waals surface area contributed by atoms with Crippen molar-refractivity contribution in [2.75, 3.05) is 32.8 Å². The number of aromatic nitrogens is 1. The smallest absolute Gasteiger partial charge is 0.335 e. The molecule has 2 amide bonds. The minimum atomic E-state index is -0.978. The second kappa shape index (κ2) is 14.8. The number of allylic oxidation sites excluding steroid dienone is 1. The molecular formula is C34H43FN4O5. The van der Waals surface area contributed by atoms with Gasteiger partial charge in [-0.2, -0.15) is 0 Å². The lowest BCUT2D eigenvalue weighted by atomic mass is 9.97. The predicted octanol–water partition coefficient (Wildman–Crippen LogP) is 6.20. The molecule has 1 aromatic carbocycles. The zero-order valence-electron chi connectivity index (χ0n) is 25.5. The second-order valence-electron chi connectivity index (χ2n) is 11.8.